The van der Waals surface area contributed by atoms with E-state index in [1.54, 1.807) is 0 Å². The quantitative estimate of drug-likeness (QED) is 0.384. The van der Waals surface area contributed by atoms with Crippen LogP contribution in [0.4, 0.5) is 0 Å². The SMILES string of the molecule is O=S(O)(O)=S.[CH2-]CCCCCCCCCCC.[Na+]. The van der Waals surface area contributed by atoms with Crippen LogP contribution >= 0.6 is 0 Å². The summed E-state index contributed by atoms with van der Waals surface area (Å²) in [5.74, 6) is 0. The minimum Gasteiger partial charge on any atom is -0.343 e. The van der Waals surface area contributed by atoms with E-state index < -0.39 is 9.05 Å². The van der Waals surface area contributed by atoms with E-state index in [0.29, 0.717) is 0 Å². The van der Waals surface area contributed by atoms with Crippen LogP contribution < -0.4 is 29.6 Å². The van der Waals surface area contributed by atoms with Gasteiger partial charge in [-0.15, -0.1) is 0 Å². The van der Waals surface area contributed by atoms with Crippen molar-refractivity contribution in [2.45, 2.75) is 71.1 Å². The molecule has 0 atom stereocenters. The zero-order valence-electron chi connectivity index (χ0n) is 11.9. The first-order chi connectivity index (χ1) is 7.91. The molecule has 0 aromatic heterocycles. The molecular weight excluding hydrogens is 279 g/mol. The monoisotopic (exact) mass is 306 g/mol. The van der Waals surface area contributed by atoms with Crippen LogP contribution in [0, 0.1) is 6.92 Å². The van der Waals surface area contributed by atoms with E-state index in [2.05, 4.69) is 25.0 Å². The third-order valence-electron chi connectivity index (χ3n) is 2.35. The predicted octanol–water partition coefficient (Wildman–Crippen LogP) is 1.42. The predicted molar refractivity (Wildman–Crippen MR) is 78.0 cm³/mol. The van der Waals surface area contributed by atoms with E-state index in [1.807, 2.05) is 0 Å². The molecule has 0 saturated heterocycles. The van der Waals surface area contributed by atoms with E-state index in [1.165, 1.54) is 57.8 Å². The molecule has 0 radical (unpaired) electrons. The third-order valence-corrected chi connectivity index (χ3v) is 2.35. The molecule has 3 nitrogen and oxygen atoms in total. The zero-order chi connectivity index (χ0) is 13.6. The Kier molecular flexibility index (Phi) is 24.7. The fourth-order valence-corrected chi connectivity index (χ4v) is 1.49. The Balaban J connectivity index is -0.000000321. The second-order valence-electron chi connectivity index (χ2n) is 4.13. The van der Waals surface area contributed by atoms with Crippen LogP contribution in [-0.2, 0) is 20.2 Å². The van der Waals surface area contributed by atoms with E-state index in [4.69, 9.17) is 13.3 Å². The molecule has 0 bridgehead atoms. The fourth-order valence-electron chi connectivity index (χ4n) is 1.49. The van der Waals surface area contributed by atoms with E-state index >= 15 is 0 Å². The van der Waals surface area contributed by atoms with Gasteiger partial charge in [-0.2, -0.15) is 10.6 Å². The van der Waals surface area contributed by atoms with Crippen LogP contribution in [-0.4, -0.2) is 13.3 Å². The fraction of sp³-hybridized carbons (Fsp3) is 0.917. The molecule has 0 spiro atoms. The Labute approximate surface area is 140 Å². The minimum absolute atomic E-state index is 0. The average Bonchev–Trinajstić information content (AvgIpc) is 2.20. The largest absolute Gasteiger partial charge is 1.00 e. The molecule has 0 aliphatic rings. The maximum Gasteiger partial charge on any atom is 1.00 e. The Morgan fingerprint density at radius 2 is 1.22 bits per heavy atom. The molecule has 0 amide bonds. The Hall–Kier alpha value is 1.29. The van der Waals surface area contributed by atoms with Gasteiger partial charge in [0.05, 0.1) is 0 Å². The molecule has 0 aliphatic heterocycles. The molecule has 0 aromatic carbocycles. The summed E-state index contributed by atoms with van der Waals surface area (Å²) in [4.78, 5) is 0. The molecule has 0 heterocycles. The van der Waals surface area contributed by atoms with Crippen molar-refractivity contribution in [2.75, 3.05) is 0 Å². The molecule has 106 valence electrons. The van der Waals surface area contributed by atoms with E-state index in [9.17, 15) is 0 Å². The minimum atomic E-state index is -3.83. The van der Waals surface area contributed by atoms with Gasteiger partial charge in [0, 0.05) is 11.2 Å². The molecule has 0 unspecified atom stereocenters. The zero-order valence-corrected chi connectivity index (χ0v) is 15.5. The van der Waals surface area contributed by atoms with Crippen molar-refractivity contribution < 1.29 is 42.9 Å². The van der Waals surface area contributed by atoms with Crippen molar-refractivity contribution in [1.29, 1.82) is 0 Å². The first kappa shape index (κ1) is 24.3. The van der Waals surface area contributed by atoms with Crippen LogP contribution in [0.25, 0.3) is 0 Å². The second-order valence-corrected chi connectivity index (χ2v) is 6.33. The standard InChI is InChI=1S/C12H25.Na.H2O3S2/c1-3-5-7-9-11-12-10-8-6-4-2;;1-5(2,3)4/h1,3-12H2,2H3;;(H2,1,2,3,4)/q-1;+1;. The number of unbranched alkanes of at least 4 members (excludes halogenated alkanes) is 9. The summed E-state index contributed by atoms with van der Waals surface area (Å²) in [5, 5.41) is 0. The van der Waals surface area contributed by atoms with Gasteiger partial charge in [0.25, 0.3) is 9.05 Å². The van der Waals surface area contributed by atoms with Crippen LogP contribution in [0.1, 0.15) is 71.1 Å². The van der Waals surface area contributed by atoms with Crippen molar-refractivity contribution >= 4 is 20.2 Å². The topological polar surface area (TPSA) is 57.5 Å². The summed E-state index contributed by atoms with van der Waals surface area (Å²) >= 11 is 3.47. The summed E-state index contributed by atoms with van der Waals surface area (Å²) < 4.78 is 24.0. The van der Waals surface area contributed by atoms with Crippen molar-refractivity contribution in [1.82, 2.24) is 0 Å². The molecule has 2 N–H and O–H groups in total. The summed E-state index contributed by atoms with van der Waals surface area (Å²) in [5.41, 5.74) is 0. The second kappa shape index (κ2) is 18.3. The summed E-state index contributed by atoms with van der Waals surface area (Å²) in [7, 11) is -3.83. The van der Waals surface area contributed by atoms with Gasteiger partial charge in [0.1, 0.15) is 0 Å². The maximum absolute atomic E-state index is 9.11. The summed E-state index contributed by atoms with van der Waals surface area (Å²) in [6.07, 6.45) is 13.9. The number of hydrogen-bond donors (Lipinski definition) is 2. The first-order valence-electron chi connectivity index (χ1n) is 6.41. The van der Waals surface area contributed by atoms with Crippen molar-refractivity contribution in [3.05, 3.63) is 6.92 Å². The van der Waals surface area contributed by atoms with Gasteiger partial charge in [0.2, 0.25) is 0 Å². The normalized spacial score (nSPS) is 10.2. The smallest absolute Gasteiger partial charge is 0.343 e. The first-order valence-corrected chi connectivity index (χ1v) is 8.80. The van der Waals surface area contributed by atoms with Crippen LogP contribution in [0.2, 0.25) is 0 Å². The van der Waals surface area contributed by atoms with Gasteiger partial charge in [-0.05, 0) is 0 Å². The Bertz CT molecular complexity index is 213. The van der Waals surface area contributed by atoms with Gasteiger partial charge in [-0.1, -0.05) is 64.7 Å². The van der Waals surface area contributed by atoms with Crippen molar-refractivity contribution in [3.63, 3.8) is 0 Å². The Morgan fingerprint density at radius 3 is 1.50 bits per heavy atom. The van der Waals surface area contributed by atoms with Crippen molar-refractivity contribution in [3.8, 4) is 0 Å². The van der Waals surface area contributed by atoms with Crippen LogP contribution in [0.15, 0.2) is 0 Å². The third kappa shape index (κ3) is 43.3. The van der Waals surface area contributed by atoms with Crippen LogP contribution in [0.5, 0.6) is 0 Å². The van der Waals surface area contributed by atoms with Crippen LogP contribution in [0.3, 0.4) is 0 Å². The average molecular weight is 306 g/mol. The molecule has 0 fully saturated rings. The molecule has 0 aliphatic carbocycles. The molecule has 6 heteroatoms. The van der Waals surface area contributed by atoms with Crippen molar-refractivity contribution in [2.24, 2.45) is 0 Å². The number of rotatable bonds is 9. The summed E-state index contributed by atoms with van der Waals surface area (Å²) in [6, 6.07) is 0. The van der Waals surface area contributed by atoms with E-state index in [0.717, 1.165) is 6.42 Å². The van der Waals surface area contributed by atoms with Gasteiger partial charge < -0.3 is 6.92 Å². The van der Waals surface area contributed by atoms with E-state index in [-0.39, 0.29) is 29.6 Å². The molecular formula is C12H27NaO3S2. The van der Waals surface area contributed by atoms with Gasteiger partial charge >= 0.3 is 29.6 Å². The molecule has 0 aromatic rings. The van der Waals surface area contributed by atoms with Gasteiger partial charge in [0.15, 0.2) is 0 Å². The van der Waals surface area contributed by atoms with Gasteiger partial charge in [-0.3, -0.25) is 9.11 Å². The summed E-state index contributed by atoms with van der Waals surface area (Å²) in [6.45, 7) is 6.12. The molecule has 0 rings (SSSR count). The maximum atomic E-state index is 9.11. The Morgan fingerprint density at radius 1 is 0.944 bits per heavy atom. The molecule has 18 heavy (non-hydrogen) atoms. The number of hydrogen-bond acceptors (Lipinski definition) is 2. The van der Waals surface area contributed by atoms with Gasteiger partial charge in [-0.25, -0.2) is 0 Å². The molecule has 0 saturated carbocycles.